The van der Waals surface area contributed by atoms with E-state index in [1.54, 1.807) is 29.7 Å². The van der Waals surface area contributed by atoms with Crippen LogP contribution in [-0.4, -0.2) is 66.6 Å². The van der Waals surface area contributed by atoms with Crippen LogP contribution in [0, 0.1) is 0 Å². The lowest BCUT2D eigenvalue weighted by molar-refractivity contribution is 0.0643. The number of carbonyl (C=O) groups excluding carboxylic acids is 2. The van der Waals surface area contributed by atoms with Crippen molar-refractivity contribution in [3.63, 3.8) is 0 Å². The molecule has 4 aromatic carbocycles. The molecular weight excluding hydrogens is 647 g/mol. The van der Waals surface area contributed by atoms with Gasteiger partial charge in [0.25, 0.3) is 11.8 Å². The van der Waals surface area contributed by atoms with Crippen molar-refractivity contribution >= 4 is 91.7 Å². The van der Waals surface area contributed by atoms with Crippen molar-refractivity contribution in [3.8, 4) is 5.75 Å². The van der Waals surface area contributed by atoms with E-state index in [1.165, 1.54) is 4.90 Å². The van der Waals surface area contributed by atoms with Crippen LogP contribution in [0.5, 0.6) is 5.75 Å². The van der Waals surface area contributed by atoms with E-state index in [2.05, 4.69) is 52.2 Å². The SMILES string of the molecule is COc1ccc(CN2C(=O)c3c(c4c5ccccc5n5c4c4c3c3ccccc3n4C3CC5C(O)(C(SC)=S(C)SC)C3)C2=O)cc1. The molecule has 9 rings (SSSR count). The number of aliphatic hydroxyl groups is 1. The molecule has 4 heterocycles. The first-order chi connectivity index (χ1) is 22.8. The van der Waals surface area contributed by atoms with Gasteiger partial charge in [0, 0.05) is 45.0 Å². The molecule has 2 amide bonds. The summed E-state index contributed by atoms with van der Waals surface area (Å²) in [5.74, 6) is 0.181. The third-order valence-corrected chi connectivity index (χ3v) is 16.2. The first-order valence-corrected chi connectivity index (χ1v) is 20.3. The zero-order valence-electron chi connectivity index (χ0n) is 26.4. The Bertz CT molecular complexity index is 2390. The van der Waals surface area contributed by atoms with E-state index in [4.69, 9.17) is 4.74 Å². The lowest BCUT2D eigenvalue weighted by Crippen LogP contribution is -2.42. The van der Waals surface area contributed by atoms with Crippen LogP contribution in [0.2, 0.25) is 0 Å². The number of para-hydroxylation sites is 2. The molecule has 0 saturated heterocycles. The predicted octanol–water partition coefficient (Wildman–Crippen LogP) is 8.00. The van der Waals surface area contributed by atoms with Crippen LogP contribution in [0.1, 0.15) is 51.2 Å². The van der Waals surface area contributed by atoms with E-state index in [9.17, 15) is 14.7 Å². The Morgan fingerprint density at radius 2 is 1.47 bits per heavy atom. The van der Waals surface area contributed by atoms with Crippen LogP contribution in [0.25, 0.3) is 43.6 Å². The van der Waals surface area contributed by atoms with Crippen molar-refractivity contribution in [2.24, 2.45) is 0 Å². The van der Waals surface area contributed by atoms with Crippen LogP contribution in [0.4, 0.5) is 0 Å². The number of benzene rings is 4. The van der Waals surface area contributed by atoms with Crippen LogP contribution < -0.4 is 4.74 Å². The Morgan fingerprint density at radius 1 is 0.894 bits per heavy atom. The fourth-order valence-electron chi connectivity index (χ4n) is 8.68. The molecule has 238 valence electrons. The Morgan fingerprint density at radius 3 is 2.04 bits per heavy atom. The zero-order valence-corrected chi connectivity index (χ0v) is 28.9. The molecule has 0 spiro atoms. The molecule has 1 N–H and O–H groups in total. The number of imide groups is 1. The van der Waals surface area contributed by atoms with Gasteiger partial charge in [0.2, 0.25) is 0 Å². The summed E-state index contributed by atoms with van der Waals surface area (Å²) in [7, 11) is 3.23. The standard InChI is InChI=1S/C37H33N3O4S3/c1-44-22-15-13-20(14-16-22)19-38-34(41)30-28-23-9-5-7-11-25(23)39-21-17-27(37(43,18-21)36(45-2)47(4)46-3)40-26-12-8-6-10-24(26)29(31(30)35(38)42)33(40)32(28)39/h5-16,21,27,43H,17-19H2,1-4H3. The minimum Gasteiger partial charge on any atom is -0.497 e. The van der Waals surface area contributed by atoms with Crippen molar-refractivity contribution in [1.29, 1.82) is 0 Å². The van der Waals surface area contributed by atoms with E-state index in [-0.39, 0.29) is 40.0 Å². The van der Waals surface area contributed by atoms with Crippen LogP contribution in [0.15, 0.2) is 72.8 Å². The van der Waals surface area contributed by atoms with Crippen LogP contribution >= 0.6 is 32.1 Å². The van der Waals surface area contributed by atoms with Crippen molar-refractivity contribution in [2.75, 3.05) is 25.9 Å². The topological polar surface area (TPSA) is 76.7 Å². The molecule has 4 atom stereocenters. The molecule has 47 heavy (non-hydrogen) atoms. The van der Waals surface area contributed by atoms with Gasteiger partial charge in [-0.25, -0.2) is 0 Å². The van der Waals surface area contributed by atoms with Crippen LogP contribution in [-0.2, 0) is 6.54 Å². The summed E-state index contributed by atoms with van der Waals surface area (Å²) in [6.45, 7) is 0.168. The molecule has 4 unspecified atom stereocenters. The maximum Gasteiger partial charge on any atom is 0.262 e. The number of methoxy groups -OCH3 is 1. The summed E-state index contributed by atoms with van der Waals surface area (Å²) < 4.78 is 11.2. The molecule has 3 aliphatic rings. The third-order valence-electron chi connectivity index (χ3n) is 10.5. The normalized spacial score (nSPS) is 22.7. The minimum atomic E-state index is -1.06. The average molecular weight is 680 g/mol. The summed E-state index contributed by atoms with van der Waals surface area (Å²) in [4.78, 5) is 30.7. The second-order valence-electron chi connectivity index (χ2n) is 12.7. The van der Waals surface area contributed by atoms with Gasteiger partial charge in [0.05, 0.1) is 46.1 Å². The van der Waals surface area contributed by atoms with E-state index >= 15 is 0 Å². The molecule has 2 aliphatic heterocycles. The second kappa shape index (κ2) is 10.4. The summed E-state index contributed by atoms with van der Waals surface area (Å²) in [6, 6.07) is 23.7. The highest BCUT2D eigenvalue weighted by Gasteiger charge is 2.54. The number of thioether (sulfide) groups is 1. The molecule has 6 aromatic rings. The van der Waals surface area contributed by atoms with Gasteiger partial charge in [-0.05, 0) is 55.0 Å². The summed E-state index contributed by atoms with van der Waals surface area (Å²) >= 11 is 1.68. The molecule has 1 saturated carbocycles. The number of carbonyl (C=O) groups is 2. The molecule has 1 aliphatic carbocycles. The Kier molecular flexibility index (Phi) is 6.51. The van der Waals surface area contributed by atoms with E-state index < -0.39 is 5.60 Å². The number of amides is 2. The second-order valence-corrected chi connectivity index (χ2v) is 17.9. The fourth-order valence-corrected chi connectivity index (χ4v) is 13.2. The molecular formula is C37H33N3O4S3. The Balaban J connectivity index is 1.41. The number of hydrogen-bond acceptors (Lipinski definition) is 6. The summed E-state index contributed by atoms with van der Waals surface area (Å²) in [6.07, 6.45) is 7.73. The molecule has 1 fully saturated rings. The number of aromatic nitrogens is 2. The number of hydrogen-bond donors (Lipinski definition) is 1. The lowest BCUT2D eigenvalue weighted by Gasteiger charge is -2.35. The molecule has 2 bridgehead atoms. The number of rotatable bonds is 5. The Hall–Kier alpha value is -3.70. The molecule has 2 aromatic heterocycles. The number of nitrogens with zero attached hydrogens (tertiary/aromatic N) is 3. The van der Waals surface area contributed by atoms with Gasteiger partial charge in [0.1, 0.15) is 11.4 Å². The predicted molar refractivity (Wildman–Crippen MR) is 197 cm³/mol. The van der Waals surface area contributed by atoms with Gasteiger partial charge in [-0.2, -0.15) is 0 Å². The lowest BCUT2D eigenvalue weighted by atomic mass is 9.95. The summed E-state index contributed by atoms with van der Waals surface area (Å²) in [5.41, 5.74) is 4.70. The maximum absolute atomic E-state index is 14.7. The summed E-state index contributed by atoms with van der Waals surface area (Å²) in [5, 5.41) is 16.5. The van der Waals surface area contributed by atoms with E-state index in [0.29, 0.717) is 17.5 Å². The first-order valence-electron chi connectivity index (χ1n) is 15.7. The van der Waals surface area contributed by atoms with Gasteiger partial charge in [-0.1, -0.05) is 48.5 Å². The fraction of sp³-hybridized carbons (Fsp3) is 0.270. The van der Waals surface area contributed by atoms with Gasteiger partial charge in [-0.15, -0.1) is 32.1 Å². The quantitative estimate of drug-likeness (QED) is 0.113. The zero-order chi connectivity index (χ0) is 32.4. The molecule has 0 radical (unpaired) electrons. The Labute approximate surface area is 282 Å². The smallest absolute Gasteiger partial charge is 0.262 e. The number of ether oxygens (including phenoxy) is 1. The van der Waals surface area contributed by atoms with Crippen LogP contribution in [0.3, 0.4) is 0 Å². The molecule has 10 heteroatoms. The van der Waals surface area contributed by atoms with Crippen molar-refractivity contribution in [1.82, 2.24) is 14.0 Å². The highest BCUT2D eigenvalue weighted by molar-refractivity contribution is 8.85. The molecule has 7 nitrogen and oxygen atoms in total. The van der Waals surface area contributed by atoms with E-state index in [1.807, 2.05) is 48.5 Å². The monoisotopic (exact) mass is 679 g/mol. The minimum absolute atomic E-state index is 0.0101. The van der Waals surface area contributed by atoms with Gasteiger partial charge < -0.3 is 19.0 Å². The third kappa shape index (κ3) is 3.75. The van der Waals surface area contributed by atoms with E-state index in [0.717, 1.165) is 65.5 Å². The van der Waals surface area contributed by atoms with Gasteiger partial charge in [-0.3, -0.25) is 14.5 Å². The largest absolute Gasteiger partial charge is 0.497 e. The van der Waals surface area contributed by atoms with Crippen molar-refractivity contribution in [3.05, 3.63) is 89.5 Å². The highest BCUT2D eigenvalue weighted by Crippen LogP contribution is 2.59. The average Bonchev–Trinajstić information content (AvgIpc) is 3.76. The first kappa shape index (κ1) is 29.4. The van der Waals surface area contributed by atoms with Gasteiger partial charge in [0.15, 0.2) is 0 Å². The number of fused-ring (bicyclic) bond motifs is 13. The highest BCUT2D eigenvalue weighted by atomic mass is 33.1. The van der Waals surface area contributed by atoms with Crippen molar-refractivity contribution < 1.29 is 19.4 Å². The van der Waals surface area contributed by atoms with Gasteiger partial charge >= 0.3 is 0 Å². The van der Waals surface area contributed by atoms with Crippen molar-refractivity contribution in [2.45, 2.75) is 37.1 Å². The maximum atomic E-state index is 14.7.